The van der Waals surface area contributed by atoms with Crippen LogP contribution in [-0.4, -0.2) is 21.0 Å². The number of aliphatic hydroxyl groups is 1. The minimum absolute atomic E-state index is 0.0571. The molecule has 0 unspecified atom stereocenters. The lowest BCUT2D eigenvalue weighted by atomic mass is 9.77. The van der Waals surface area contributed by atoms with Crippen LogP contribution in [0, 0.1) is 0 Å². The summed E-state index contributed by atoms with van der Waals surface area (Å²) >= 11 is 0. The molecule has 0 radical (unpaired) electrons. The van der Waals surface area contributed by atoms with E-state index >= 15 is 0 Å². The highest BCUT2D eigenvalue weighted by molar-refractivity contribution is 6.01. The normalized spacial score (nSPS) is 18.3. The molecule has 2 aliphatic rings. The molecule has 1 aliphatic carbocycles. The van der Waals surface area contributed by atoms with Crippen LogP contribution in [0.5, 0.6) is 0 Å². The van der Waals surface area contributed by atoms with E-state index in [1.54, 1.807) is 0 Å². The maximum Gasteiger partial charge on any atom is 0.252 e. The second-order valence-corrected chi connectivity index (χ2v) is 7.42. The Morgan fingerprint density at radius 3 is 2.73 bits per heavy atom. The van der Waals surface area contributed by atoms with Crippen LogP contribution in [0.3, 0.4) is 0 Å². The number of pyridine rings is 1. The number of hydrogen-bond acceptors (Lipinski definition) is 3. The number of H-pyrrole nitrogens is 1. The third-order valence-electron chi connectivity index (χ3n) is 5.91. The zero-order chi connectivity index (χ0) is 17.7. The van der Waals surface area contributed by atoms with Crippen molar-refractivity contribution in [2.24, 2.45) is 0 Å². The third kappa shape index (κ3) is 2.20. The van der Waals surface area contributed by atoms with Crippen LogP contribution in [0.4, 0.5) is 0 Å². The van der Waals surface area contributed by atoms with Crippen LogP contribution in [-0.2, 0) is 12.1 Å². The van der Waals surface area contributed by atoms with Crippen molar-refractivity contribution in [3.8, 4) is 11.1 Å². The van der Waals surface area contributed by atoms with Crippen molar-refractivity contribution in [1.29, 1.82) is 0 Å². The monoisotopic (exact) mass is 347 g/mol. The van der Waals surface area contributed by atoms with Gasteiger partial charge in [-0.3, -0.25) is 4.79 Å². The minimum atomic E-state index is -0.185. The maximum atomic E-state index is 12.5. The van der Waals surface area contributed by atoms with Gasteiger partial charge in [-0.2, -0.15) is 0 Å². The molecular weight excluding hydrogens is 326 g/mol. The Morgan fingerprint density at radius 1 is 1.08 bits per heavy atom. The van der Waals surface area contributed by atoms with E-state index in [1.807, 2.05) is 30.5 Å². The summed E-state index contributed by atoms with van der Waals surface area (Å²) in [6, 6.07) is 10.00. The SMILES string of the molecule is O=C1NC2(CCCCC2)c2cc(-c3c[nH]c4nc(CO)ccc34)ccc21. The highest BCUT2D eigenvalue weighted by atomic mass is 16.3. The van der Waals surface area contributed by atoms with Gasteiger partial charge in [-0.05, 0) is 48.2 Å². The van der Waals surface area contributed by atoms with Crippen molar-refractivity contribution >= 4 is 16.9 Å². The molecule has 0 bridgehead atoms. The lowest BCUT2D eigenvalue weighted by Crippen LogP contribution is -2.40. The van der Waals surface area contributed by atoms with E-state index in [-0.39, 0.29) is 18.1 Å². The van der Waals surface area contributed by atoms with Crippen LogP contribution >= 0.6 is 0 Å². The van der Waals surface area contributed by atoms with Crippen molar-refractivity contribution in [3.05, 3.63) is 53.3 Å². The summed E-state index contributed by atoms with van der Waals surface area (Å²) in [6.45, 7) is -0.0700. The fourth-order valence-electron chi connectivity index (χ4n) is 4.58. The van der Waals surface area contributed by atoms with Gasteiger partial charge in [0, 0.05) is 22.7 Å². The standard InChI is InChI=1S/C21H21N3O2/c25-12-14-5-7-15-17(11-22-19(15)23-14)13-4-6-16-18(10-13)21(24-20(16)26)8-2-1-3-9-21/h4-7,10-11,25H,1-3,8-9,12H2,(H,22,23)(H,24,26). The average Bonchev–Trinajstić information content (AvgIpc) is 3.21. The molecule has 1 aromatic carbocycles. The molecule has 0 saturated heterocycles. The molecule has 132 valence electrons. The lowest BCUT2D eigenvalue weighted by molar-refractivity contribution is 0.0909. The average molecular weight is 347 g/mol. The quantitative estimate of drug-likeness (QED) is 0.662. The number of benzene rings is 1. The lowest BCUT2D eigenvalue weighted by Gasteiger charge is -2.34. The predicted molar refractivity (Wildman–Crippen MR) is 99.7 cm³/mol. The summed E-state index contributed by atoms with van der Waals surface area (Å²) in [4.78, 5) is 20.1. The Labute approximate surface area is 151 Å². The van der Waals surface area contributed by atoms with Gasteiger partial charge in [0.1, 0.15) is 5.65 Å². The van der Waals surface area contributed by atoms with E-state index < -0.39 is 0 Å². The number of aliphatic hydroxyl groups excluding tert-OH is 1. The van der Waals surface area contributed by atoms with Crippen LogP contribution in [0.2, 0.25) is 0 Å². The Morgan fingerprint density at radius 2 is 1.92 bits per heavy atom. The van der Waals surface area contributed by atoms with Crippen molar-refractivity contribution < 1.29 is 9.90 Å². The molecule has 26 heavy (non-hydrogen) atoms. The molecule has 5 heteroatoms. The molecular formula is C21H21N3O2. The summed E-state index contributed by atoms with van der Waals surface area (Å²) in [5, 5.41) is 13.6. The van der Waals surface area contributed by atoms with Gasteiger partial charge in [-0.1, -0.05) is 25.3 Å². The smallest absolute Gasteiger partial charge is 0.252 e. The Kier molecular flexibility index (Phi) is 3.40. The fraction of sp³-hybridized carbons (Fsp3) is 0.333. The topological polar surface area (TPSA) is 78.0 Å². The van der Waals surface area contributed by atoms with E-state index in [4.69, 9.17) is 0 Å². The van der Waals surface area contributed by atoms with Crippen LogP contribution < -0.4 is 5.32 Å². The molecule has 1 fully saturated rings. The van der Waals surface area contributed by atoms with Crippen molar-refractivity contribution in [3.63, 3.8) is 0 Å². The summed E-state index contributed by atoms with van der Waals surface area (Å²) in [7, 11) is 0. The number of carbonyl (C=O) groups excluding carboxylic acids is 1. The number of aromatic amines is 1. The van der Waals surface area contributed by atoms with E-state index in [0.717, 1.165) is 59.0 Å². The van der Waals surface area contributed by atoms with Gasteiger partial charge in [0.15, 0.2) is 0 Å². The second kappa shape index (κ2) is 5.68. The highest BCUT2D eigenvalue weighted by Gasteiger charge is 2.43. The predicted octanol–water partition coefficient (Wildman–Crippen LogP) is 3.63. The summed E-state index contributed by atoms with van der Waals surface area (Å²) in [5.74, 6) is 0.0571. The van der Waals surface area contributed by atoms with E-state index in [1.165, 1.54) is 6.42 Å². The van der Waals surface area contributed by atoms with E-state index in [9.17, 15) is 9.90 Å². The zero-order valence-corrected chi connectivity index (χ0v) is 14.5. The molecule has 5 rings (SSSR count). The Hall–Kier alpha value is -2.66. The maximum absolute atomic E-state index is 12.5. The molecule has 3 heterocycles. The van der Waals surface area contributed by atoms with Gasteiger partial charge >= 0.3 is 0 Å². The third-order valence-corrected chi connectivity index (χ3v) is 5.91. The molecule has 2 aromatic heterocycles. The first kappa shape index (κ1) is 15.6. The first-order valence-corrected chi connectivity index (χ1v) is 9.25. The molecule has 1 aliphatic heterocycles. The number of hydrogen-bond donors (Lipinski definition) is 3. The molecule has 1 amide bonds. The molecule has 0 atom stereocenters. The number of amides is 1. The number of aromatic nitrogens is 2. The van der Waals surface area contributed by atoms with Gasteiger partial charge in [0.25, 0.3) is 5.91 Å². The molecule has 1 saturated carbocycles. The van der Waals surface area contributed by atoms with Crippen molar-refractivity contribution in [2.45, 2.75) is 44.2 Å². The van der Waals surface area contributed by atoms with Crippen LogP contribution in [0.25, 0.3) is 22.2 Å². The highest BCUT2D eigenvalue weighted by Crippen LogP contribution is 2.44. The van der Waals surface area contributed by atoms with Gasteiger partial charge in [-0.15, -0.1) is 0 Å². The van der Waals surface area contributed by atoms with Gasteiger partial charge < -0.3 is 15.4 Å². The van der Waals surface area contributed by atoms with Crippen LogP contribution in [0.1, 0.15) is 53.7 Å². The zero-order valence-electron chi connectivity index (χ0n) is 14.5. The van der Waals surface area contributed by atoms with E-state index in [0.29, 0.717) is 5.69 Å². The number of carbonyl (C=O) groups is 1. The van der Waals surface area contributed by atoms with Gasteiger partial charge in [-0.25, -0.2) is 4.98 Å². The molecule has 5 nitrogen and oxygen atoms in total. The number of nitrogens with zero attached hydrogens (tertiary/aromatic N) is 1. The second-order valence-electron chi connectivity index (χ2n) is 7.42. The van der Waals surface area contributed by atoms with E-state index in [2.05, 4.69) is 21.4 Å². The first-order valence-electron chi connectivity index (χ1n) is 9.25. The molecule has 3 N–H and O–H groups in total. The minimum Gasteiger partial charge on any atom is -0.390 e. The Bertz CT molecular complexity index is 1020. The summed E-state index contributed by atoms with van der Waals surface area (Å²) in [6.07, 6.45) is 7.55. The van der Waals surface area contributed by atoms with Crippen molar-refractivity contribution in [2.75, 3.05) is 0 Å². The molecule has 3 aromatic rings. The first-order chi connectivity index (χ1) is 12.7. The van der Waals surface area contributed by atoms with Gasteiger partial charge in [0.2, 0.25) is 0 Å². The molecule has 1 spiro atoms. The van der Waals surface area contributed by atoms with Crippen molar-refractivity contribution in [1.82, 2.24) is 15.3 Å². The number of rotatable bonds is 2. The largest absolute Gasteiger partial charge is 0.390 e. The number of fused-ring (bicyclic) bond motifs is 3. The number of nitrogens with one attached hydrogen (secondary N) is 2. The fourth-order valence-corrected chi connectivity index (χ4v) is 4.58. The summed E-state index contributed by atoms with van der Waals surface area (Å²) in [5.41, 5.74) is 5.37. The Balaban J connectivity index is 1.64. The van der Waals surface area contributed by atoms with Crippen LogP contribution in [0.15, 0.2) is 36.5 Å². The summed E-state index contributed by atoms with van der Waals surface area (Å²) < 4.78 is 0. The van der Waals surface area contributed by atoms with Gasteiger partial charge in [0.05, 0.1) is 17.8 Å².